The first-order valence-corrected chi connectivity index (χ1v) is 12.1. The third-order valence-electron chi connectivity index (χ3n) is 5.14. The molecule has 0 saturated carbocycles. The molecule has 0 radical (unpaired) electrons. The summed E-state index contributed by atoms with van der Waals surface area (Å²) in [5, 5.41) is 9.72. The first-order chi connectivity index (χ1) is 15.7. The highest BCUT2D eigenvalue weighted by molar-refractivity contribution is 7.54. The quantitative estimate of drug-likeness (QED) is 0.484. The average molecular weight is 471 g/mol. The predicted octanol–water partition coefficient (Wildman–Crippen LogP) is 4.26. The van der Waals surface area contributed by atoms with Crippen LogP contribution in [0.2, 0.25) is 0 Å². The molecule has 174 valence electrons. The van der Waals surface area contributed by atoms with Gasteiger partial charge in [0.1, 0.15) is 23.5 Å². The predicted molar refractivity (Wildman–Crippen MR) is 125 cm³/mol. The zero-order chi connectivity index (χ0) is 24.3. The molecule has 1 unspecified atom stereocenters. The first-order valence-electron chi connectivity index (χ1n) is 10.5. The van der Waals surface area contributed by atoms with Crippen molar-refractivity contribution in [3.63, 3.8) is 0 Å². The van der Waals surface area contributed by atoms with Crippen LogP contribution < -0.4 is 16.4 Å². The van der Waals surface area contributed by atoms with Gasteiger partial charge in [0.05, 0.1) is 24.2 Å². The summed E-state index contributed by atoms with van der Waals surface area (Å²) in [6, 6.07) is 8.69. The number of aryl methyl sites for hydroxylation is 3. The molecule has 9 nitrogen and oxygen atoms in total. The molecule has 0 spiro atoms. The largest absolute Gasteiger partial charge is 0.464 e. The van der Waals surface area contributed by atoms with Crippen molar-refractivity contribution < 1.29 is 18.0 Å². The van der Waals surface area contributed by atoms with Gasteiger partial charge in [-0.3, -0.25) is 14.2 Å². The Hall–Kier alpha value is -3.18. The summed E-state index contributed by atoms with van der Waals surface area (Å²) in [5.74, 6) is -1.37. The first kappa shape index (κ1) is 24.5. The van der Waals surface area contributed by atoms with Crippen molar-refractivity contribution in [1.82, 2.24) is 4.68 Å². The Morgan fingerprint density at radius 3 is 2.42 bits per heavy atom. The number of benzene rings is 1. The molecule has 2 heterocycles. The monoisotopic (exact) mass is 471 g/mol. The van der Waals surface area contributed by atoms with Crippen LogP contribution in [0, 0.1) is 32.1 Å². The second kappa shape index (κ2) is 9.75. The van der Waals surface area contributed by atoms with Gasteiger partial charge in [0, 0.05) is 5.69 Å². The van der Waals surface area contributed by atoms with Crippen LogP contribution in [0.25, 0.3) is 11.0 Å². The van der Waals surface area contributed by atoms with Gasteiger partial charge in [-0.2, -0.15) is 5.26 Å². The SMILES string of the molecule is CCOP(=O)(OCC)C(Nn1c(C)cc(C)c(C#N)c1=O)c1coc2ccc(C)cc2c1=O. The molecule has 0 aliphatic carbocycles. The van der Waals surface area contributed by atoms with Gasteiger partial charge in [-0.1, -0.05) is 11.6 Å². The number of nitriles is 1. The van der Waals surface area contributed by atoms with Gasteiger partial charge in [-0.25, -0.2) is 4.68 Å². The van der Waals surface area contributed by atoms with E-state index in [9.17, 15) is 19.4 Å². The molecular formula is C23H26N3O6P. The third-order valence-corrected chi connectivity index (χ3v) is 7.40. The van der Waals surface area contributed by atoms with E-state index in [0.717, 1.165) is 10.2 Å². The molecule has 1 N–H and O–H groups in total. The molecule has 0 bridgehead atoms. The van der Waals surface area contributed by atoms with Gasteiger partial charge in [-0.15, -0.1) is 0 Å². The van der Waals surface area contributed by atoms with Crippen molar-refractivity contribution in [2.45, 2.75) is 40.4 Å². The second-order valence-corrected chi connectivity index (χ2v) is 9.64. The highest BCUT2D eigenvalue weighted by Gasteiger charge is 2.40. The molecule has 0 amide bonds. The van der Waals surface area contributed by atoms with Crippen molar-refractivity contribution in [3.8, 4) is 6.07 Å². The molecule has 0 aliphatic rings. The molecule has 3 aromatic rings. The minimum Gasteiger partial charge on any atom is -0.464 e. The van der Waals surface area contributed by atoms with Crippen LogP contribution in [0.1, 0.15) is 47.6 Å². The van der Waals surface area contributed by atoms with Crippen LogP contribution in [0.3, 0.4) is 0 Å². The van der Waals surface area contributed by atoms with Gasteiger partial charge in [-0.05, 0) is 58.4 Å². The van der Waals surface area contributed by atoms with Crippen LogP contribution >= 0.6 is 7.60 Å². The molecule has 10 heteroatoms. The Balaban J connectivity index is 2.30. The fourth-order valence-electron chi connectivity index (χ4n) is 3.61. The van der Waals surface area contributed by atoms with E-state index in [1.54, 1.807) is 45.9 Å². The van der Waals surface area contributed by atoms with Crippen LogP contribution in [0.15, 0.2) is 44.5 Å². The standard InChI is InChI=1S/C23H26N3O6P/c1-6-31-33(29,32-7-2)22(25-26-16(5)11-15(4)18(12-24)23(26)28)19-13-30-20-9-8-14(3)10-17(20)21(19)27/h8-11,13,22,25H,6-7H2,1-5H3. The maximum absolute atomic E-state index is 13.8. The van der Waals surface area contributed by atoms with Gasteiger partial charge < -0.3 is 18.9 Å². The van der Waals surface area contributed by atoms with Crippen molar-refractivity contribution >= 4 is 18.6 Å². The van der Waals surface area contributed by atoms with Crippen molar-refractivity contribution in [1.29, 1.82) is 5.26 Å². The minimum atomic E-state index is -4.02. The summed E-state index contributed by atoms with van der Waals surface area (Å²) in [6.07, 6.45) is 1.20. The Bertz CT molecular complexity index is 1390. The van der Waals surface area contributed by atoms with Crippen LogP contribution in [-0.2, 0) is 13.6 Å². The normalized spacial score (nSPS) is 12.5. The number of fused-ring (bicyclic) bond motifs is 1. The number of nitrogens with one attached hydrogen (secondary N) is 1. The topological polar surface area (TPSA) is 124 Å². The highest BCUT2D eigenvalue weighted by atomic mass is 31.2. The molecule has 0 aliphatic heterocycles. The summed E-state index contributed by atoms with van der Waals surface area (Å²) in [7, 11) is -4.02. The molecule has 1 atom stereocenters. The Morgan fingerprint density at radius 2 is 1.82 bits per heavy atom. The molecule has 2 aromatic heterocycles. The van der Waals surface area contributed by atoms with E-state index in [4.69, 9.17) is 13.5 Å². The Morgan fingerprint density at radius 1 is 1.15 bits per heavy atom. The van der Waals surface area contributed by atoms with Gasteiger partial charge >= 0.3 is 7.60 Å². The molecule has 33 heavy (non-hydrogen) atoms. The van der Waals surface area contributed by atoms with Gasteiger partial charge in [0.15, 0.2) is 11.2 Å². The smallest absolute Gasteiger partial charge is 0.358 e. The molecule has 1 aromatic carbocycles. The fourth-order valence-corrected chi connectivity index (χ4v) is 5.48. The summed E-state index contributed by atoms with van der Waals surface area (Å²) >= 11 is 0. The Kier molecular flexibility index (Phi) is 7.23. The number of aromatic nitrogens is 1. The highest BCUT2D eigenvalue weighted by Crippen LogP contribution is 2.59. The summed E-state index contributed by atoms with van der Waals surface area (Å²) in [4.78, 5) is 26.4. The number of hydrogen-bond acceptors (Lipinski definition) is 8. The van der Waals surface area contributed by atoms with E-state index in [1.165, 1.54) is 6.26 Å². The lowest BCUT2D eigenvalue weighted by Crippen LogP contribution is -2.37. The minimum absolute atomic E-state index is 0.0243. The number of hydrogen-bond donors (Lipinski definition) is 1. The molecular weight excluding hydrogens is 445 g/mol. The molecule has 0 saturated heterocycles. The second-order valence-electron chi connectivity index (χ2n) is 7.52. The lowest BCUT2D eigenvalue weighted by atomic mass is 10.1. The summed E-state index contributed by atoms with van der Waals surface area (Å²) in [6.45, 7) is 8.51. The number of nitrogens with zero attached hydrogens (tertiary/aromatic N) is 2. The van der Waals surface area contributed by atoms with E-state index >= 15 is 0 Å². The van der Waals surface area contributed by atoms with Crippen molar-refractivity contribution in [3.05, 3.63) is 79.1 Å². The lowest BCUT2D eigenvalue weighted by Gasteiger charge is -2.28. The van der Waals surface area contributed by atoms with E-state index in [-0.39, 0.29) is 24.3 Å². The fraction of sp³-hybridized carbons (Fsp3) is 0.348. The molecule has 3 rings (SSSR count). The van der Waals surface area contributed by atoms with Crippen LogP contribution in [-0.4, -0.2) is 17.9 Å². The van der Waals surface area contributed by atoms with Crippen LogP contribution in [0.4, 0.5) is 0 Å². The van der Waals surface area contributed by atoms with Gasteiger partial charge in [0.2, 0.25) is 0 Å². The van der Waals surface area contributed by atoms with E-state index in [2.05, 4.69) is 5.43 Å². The maximum Gasteiger partial charge on any atom is 0.358 e. The maximum atomic E-state index is 13.8. The zero-order valence-corrected chi connectivity index (χ0v) is 20.1. The van der Waals surface area contributed by atoms with E-state index in [1.807, 2.05) is 19.1 Å². The average Bonchev–Trinajstić information content (AvgIpc) is 2.75. The summed E-state index contributed by atoms with van der Waals surface area (Å²) < 4.78 is 31.6. The van der Waals surface area contributed by atoms with Crippen LogP contribution in [0.5, 0.6) is 0 Å². The van der Waals surface area contributed by atoms with Gasteiger partial charge in [0.25, 0.3) is 5.56 Å². The number of pyridine rings is 1. The lowest BCUT2D eigenvalue weighted by molar-refractivity contribution is 0.212. The third kappa shape index (κ3) is 4.64. The van der Waals surface area contributed by atoms with Crippen molar-refractivity contribution in [2.24, 2.45) is 0 Å². The number of rotatable bonds is 8. The van der Waals surface area contributed by atoms with Crippen molar-refractivity contribution in [2.75, 3.05) is 18.6 Å². The van der Waals surface area contributed by atoms with E-state index < -0.39 is 24.4 Å². The Labute approximate surface area is 191 Å². The summed E-state index contributed by atoms with van der Waals surface area (Å²) in [5.41, 5.74) is 3.84. The molecule has 0 fully saturated rings. The zero-order valence-electron chi connectivity index (χ0n) is 19.2. The van der Waals surface area contributed by atoms with E-state index in [0.29, 0.717) is 22.2 Å².